The van der Waals surface area contributed by atoms with Crippen LogP contribution in [0.3, 0.4) is 0 Å². The monoisotopic (exact) mass is 470 g/mol. The first-order chi connectivity index (χ1) is 17.1. The summed E-state index contributed by atoms with van der Waals surface area (Å²) in [7, 11) is 1.57. The van der Waals surface area contributed by atoms with Gasteiger partial charge in [-0.1, -0.05) is 44.0 Å². The predicted molar refractivity (Wildman–Crippen MR) is 133 cm³/mol. The molecule has 7 nitrogen and oxygen atoms in total. The van der Waals surface area contributed by atoms with Gasteiger partial charge in [0.05, 0.1) is 30.7 Å². The van der Waals surface area contributed by atoms with E-state index in [0.29, 0.717) is 40.5 Å². The highest BCUT2D eigenvalue weighted by molar-refractivity contribution is 6.10. The largest absolute Gasteiger partial charge is 0.493 e. The molecule has 0 saturated heterocycles. The van der Waals surface area contributed by atoms with Gasteiger partial charge in [-0.2, -0.15) is 0 Å². The third-order valence-electron chi connectivity index (χ3n) is 6.18. The van der Waals surface area contributed by atoms with Gasteiger partial charge in [0.15, 0.2) is 16.9 Å². The van der Waals surface area contributed by atoms with E-state index in [9.17, 15) is 9.59 Å². The molecule has 0 bridgehead atoms. The third-order valence-corrected chi connectivity index (χ3v) is 6.18. The maximum absolute atomic E-state index is 13.6. The Labute approximate surface area is 202 Å². The second kappa shape index (κ2) is 9.62. The number of hydrogen-bond donors (Lipinski definition) is 0. The predicted octanol–water partition coefficient (Wildman–Crippen LogP) is 5.52. The SMILES string of the molecule is CCCCCOc1ccc(C2c3c(oc4ccccc4c3=O)C(=O)N2c2ccccn2)cc1OC. The minimum atomic E-state index is -0.726. The van der Waals surface area contributed by atoms with Crippen molar-refractivity contribution in [2.24, 2.45) is 0 Å². The van der Waals surface area contributed by atoms with Crippen LogP contribution in [0.4, 0.5) is 5.82 Å². The van der Waals surface area contributed by atoms with E-state index in [4.69, 9.17) is 13.9 Å². The number of methoxy groups -OCH3 is 1. The Bertz CT molecular complexity index is 1430. The lowest BCUT2D eigenvalue weighted by atomic mass is 9.98. The first kappa shape index (κ1) is 22.7. The van der Waals surface area contributed by atoms with E-state index in [2.05, 4.69) is 11.9 Å². The van der Waals surface area contributed by atoms with Crippen LogP contribution < -0.4 is 19.8 Å². The van der Waals surface area contributed by atoms with E-state index in [1.54, 1.807) is 55.8 Å². The second-order valence-electron chi connectivity index (χ2n) is 8.40. The minimum Gasteiger partial charge on any atom is -0.493 e. The molecule has 4 aromatic rings. The number of nitrogens with zero attached hydrogens (tertiary/aromatic N) is 2. The Kier molecular flexibility index (Phi) is 6.23. The first-order valence-electron chi connectivity index (χ1n) is 11.7. The molecule has 5 rings (SSSR count). The number of carbonyl (C=O) groups is 1. The van der Waals surface area contributed by atoms with Crippen molar-refractivity contribution in [1.82, 2.24) is 4.98 Å². The summed E-state index contributed by atoms with van der Waals surface area (Å²) in [5.41, 5.74) is 1.12. The molecule has 0 fully saturated rings. The number of pyridine rings is 1. The molecule has 1 aliphatic heterocycles. The van der Waals surface area contributed by atoms with Crippen LogP contribution in [0, 0.1) is 0 Å². The Morgan fingerprint density at radius 2 is 1.83 bits per heavy atom. The number of benzene rings is 2. The summed E-state index contributed by atoms with van der Waals surface area (Å²) in [4.78, 5) is 33.1. The van der Waals surface area contributed by atoms with Crippen molar-refractivity contribution >= 4 is 22.7 Å². The second-order valence-corrected chi connectivity index (χ2v) is 8.40. The molecule has 2 aromatic heterocycles. The van der Waals surface area contributed by atoms with E-state index in [1.807, 2.05) is 18.2 Å². The zero-order valence-electron chi connectivity index (χ0n) is 19.7. The molecule has 0 aliphatic carbocycles. The lowest BCUT2D eigenvalue weighted by Crippen LogP contribution is -2.30. The van der Waals surface area contributed by atoms with Gasteiger partial charge < -0.3 is 13.9 Å². The minimum absolute atomic E-state index is 0.0308. The van der Waals surface area contributed by atoms with Crippen LogP contribution in [0.2, 0.25) is 0 Å². The summed E-state index contributed by atoms with van der Waals surface area (Å²) in [5.74, 6) is 1.20. The molecule has 0 spiro atoms. The molecule has 3 heterocycles. The fourth-order valence-electron chi connectivity index (χ4n) is 4.48. The van der Waals surface area contributed by atoms with Crippen LogP contribution in [0.5, 0.6) is 11.5 Å². The summed E-state index contributed by atoms with van der Waals surface area (Å²) >= 11 is 0. The van der Waals surface area contributed by atoms with E-state index in [1.165, 1.54) is 4.90 Å². The number of carbonyl (C=O) groups excluding carboxylic acids is 1. The number of para-hydroxylation sites is 1. The average molecular weight is 471 g/mol. The van der Waals surface area contributed by atoms with Crippen molar-refractivity contribution in [1.29, 1.82) is 0 Å². The maximum Gasteiger partial charge on any atom is 0.296 e. The number of rotatable bonds is 8. The van der Waals surface area contributed by atoms with Crippen molar-refractivity contribution < 1.29 is 18.7 Å². The maximum atomic E-state index is 13.6. The average Bonchev–Trinajstić information content (AvgIpc) is 3.19. The zero-order valence-corrected chi connectivity index (χ0v) is 19.7. The van der Waals surface area contributed by atoms with E-state index in [-0.39, 0.29) is 16.8 Å². The number of anilines is 1. The molecule has 0 radical (unpaired) electrons. The molecule has 1 aliphatic rings. The molecule has 2 aromatic carbocycles. The highest BCUT2D eigenvalue weighted by Gasteiger charge is 2.44. The van der Waals surface area contributed by atoms with Gasteiger partial charge in [-0.25, -0.2) is 4.98 Å². The van der Waals surface area contributed by atoms with Crippen molar-refractivity contribution in [3.63, 3.8) is 0 Å². The molecule has 7 heteroatoms. The Hall–Kier alpha value is -4.13. The summed E-state index contributed by atoms with van der Waals surface area (Å²) in [5, 5.41) is 0.426. The van der Waals surface area contributed by atoms with Gasteiger partial charge >= 0.3 is 0 Å². The van der Waals surface area contributed by atoms with Crippen LogP contribution in [-0.2, 0) is 0 Å². The van der Waals surface area contributed by atoms with Gasteiger partial charge in [-0.3, -0.25) is 14.5 Å². The fraction of sp³-hybridized carbons (Fsp3) is 0.250. The van der Waals surface area contributed by atoms with Crippen molar-refractivity contribution in [2.75, 3.05) is 18.6 Å². The van der Waals surface area contributed by atoms with Gasteiger partial charge in [0.25, 0.3) is 5.91 Å². The number of unbranched alkanes of at least 4 members (excludes halogenated alkanes) is 2. The van der Waals surface area contributed by atoms with Gasteiger partial charge in [0.1, 0.15) is 11.4 Å². The van der Waals surface area contributed by atoms with E-state index in [0.717, 1.165) is 19.3 Å². The summed E-state index contributed by atoms with van der Waals surface area (Å²) < 4.78 is 17.5. The van der Waals surface area contributed by atoms with Crippen molar-refractivity contribution in [2.45, 2.75) is 32.2 Å². The van der Waals surface area contributed by atoms with Crippen molar-refractivity contribution in [3.8, 4) is 11.5 Å². The molecule has 1 atom stereocenters. The summed E-state index contributed by atoms with van der Waals surface area (Å²) in [6.07, 6.45) is 4.76. The summed E-state index contributed by atoms with van der Waals surface area (Å²) in [6.45, 7) is 2.73. The number of fused-ring (bicyclic) bond motifs is 2. The van der Waals surface area contributed by atoms with Crippen LogP contribution in [0.15, 0.2) is 76.1 Å². The zero-order chi connectivity index (χ0) is 24.4. The Balaban J connectivity index is 1.65. The number of amides is 1. The van der Waals surface area contributed by atoms with Gasteiger partial charge in [-0.05, 0) is 48.4 Å². The third kappa shape index (κ3) is 4.03. The van der Waals surface area contributed by atoms with Crippen LogP contribution >= 0.6 is 0 Å². The van der Waals surface area contributed by atoms with Gasteiger partial charge in [-0.15, -0.1) is 0 Å². The molecule has 178 valence electrons. The van der Waals surface area contributed by atoms with Crippen LogP contribution in [0.25, 0.3) is 11.0 Å². The molecule has 0 N–H and O–H groups in total. The fourth-order valence-corrected chi connectivity index (χ4v) is 4.48. The lowest BCUT2D eigenvalue weighted by molar-refractivity contribution is 0.0970. The Morgan fingerprint density at radius 3 is 2.60 bits per heavy atom. The standard InChI is InChI=1S/C28H26N2O5/c1-3-4-9-16-34-21-14-13-18(17-22(21)33-2)25-24-26(31)19-10-5-6-11-20(19)35-27(24)28(32)30(25)23-12-7-8-15-29-23/h5-8,10-15,17,25H,3-4,9,16H2,1-2H3. The highest BCUT2D eigenvalue weighted by atomic mass is 16.5. The van der Waals surface area contributed by atoms with Crippen LogP contribution in [0.1, 0.15) is 53.9 Å². The molecule has 0 saturated carbocycles. The quantitative estimate of drug-likeness (QED) is 0.316. The Morgan fingerprint density at radius 1 is 1.00 bits per heavy atom. The molecule has 1 unspecified atom stereocenters. The highest BCUT2D eigenvalue weighted by Crippen LogP contribution is 2.42. The normalized spacial score (nSPS) is 14.9. The molecular formula is C28H26N2O5. The first-order valence-corrected chi connectivity index (χ1v) is 11.7. The smallest absolute Gasteiger partial charge is 0.296 e. The lowest BCUT2D eigenvalue weighted by Gasteiger charge is -2.25. The van der Waals surface area contributed by atoms with E-state index < -0.39 is 11.9 Å². The van der Waals surface area contributed by atoms with Gasteiger partial charge in [0, 0.05) is 6.20 Å². The number of ether oxygens (including phenoxy) is 2. The van der Waals surface area contributed by atoms with Gasteiger partial charge in [0.2, 0.25) is 5.76 Å². The number of hydrogen-bond acceptors (Lipinski definition) is 6. The molecule has 35 heavy (non-hydrogen) atoms. The van der Waals surface area contributed by atoms with Crippen molar-refractivity contribution in [3.05, 3.63) is 94.0 Å². The molecular weight excluding hydrogens is 444 g/mol. The van der Waals surface area contributed by atoms with Crippen LogP contribution in [-0.4, -0.2) is 24.6 Å². The summed E-state index contributed by atoms with van der Waals surface area (Å²) in [6, 6.07) is 17.0. The topological polar surface area (TPSA) is 81.9 Å². The number of aromatic nitrogens is 1. The van der Waals surface area contributed by atoms with E-state index >= 15 is 0 Å². The molecule has 1 amide bonds.